The maximum Gasteiger partial charge on any atom is 0.286 e. The van der Waals surface area contributed by atoms with Crippen LogP contribution in [0.5, 0.6) is 0 Å². The molecule has 0 aliphatic carbocycles. The molecular weight excluding hydrogens is 322 g/mol. The van der Waals surface area contributed by atoms with Crippen LogP contribution < -0.4 is 0 Å². The maximum absolute atomic E-state index is 12.0. The average Bonchev–Trinajstić information content (AvgIpc) is 2.98. The Hall–Kier alpha value is -2.07. The van der Waals surface area contributed by atoms with Crippen molar-refractivity contribution in [1.82, 2.24) is 9.80 Å². The van der Waals surface area contributed by atoms with Gasteiger partial charge >= 0.3 is 0 Å². The highest BCUT2D eigenvalue weighted by Crippen LogP contribution is 2.28. The largest absolute Gasteiger partial charge is 0.395 e. The van der Waals surface area contributed by atoms with Crippen molar-refractivity contribution in [2.75, 3.05) is 39.3 Å². The number of carbonyl (C=O) groups excluding carboxylic acids is 1. The Labute approximate surface area is 146 Å². The zero-order chi connectivity index (χ0) is 16.8. The van der Waals surface area contributed by atoms with E-state index >= 15 is 0 Å². The van der Waals surface area contributed by atoms with Gasteiger partial charge in [0.25, 0.3) is 5.91 Å². The van der Waals surface area contributed by atoms with Gasteiger partial charge < -0.3 is 10.0 Å². The molecule has 0 saturated carbocycles. The molecule has 2 heterocycles. The molecule has 1 aromatic rings. The molecule has 0 radical (unpaired) electrons. The quantitative estimate of drug-likeness (QED) is 0.646. The predicted molar refractivity (Wildman–Crippen MR) is 96.5 cm³/mol. The highest BCUT2D eigenvalue weighted by molar-refractivity contribution is 8.18. The number of hydrogen-bond donors (Lipinski definition) is 1. The van der Waals surface area contributed by atoms with E-state index in [2.05, 4.69) is 26.6 Å². The number of aliphatic hydroxyl groups excluding tert-OH is 1. The fourth-order valence-electron chi connectivity index (χ4n) is 2.54. The molecule has 2 aliphatic rings. The number of aliphatic hydroxyl groups is 1. The molecule has 0 spiro atoms. The van der Waals surface area contributed by atoms with Crippen molar-refractivity contribution in [3.8, 4) is 11.8 Å². The lowest BCUT2D eigenvalue weighted by Gasteiger charge is -2.34. The van der Waals surface area contributed by atoms with E-state index in [-0.39, 0.29) is 12.5 Å². The van der Waals surface area contributed by atoms with Gasteiger partial charge in [-0.2, -0.15) is 4.99 Å². The summed E-state index contributed by atoms with van der Waals surface area (Å²) in [6.45, 7) is 4.28. The number of hydrogen-bond acceptors (Lipinski definition) is 5. The monoisotopic (exact) mass is 341 g/mol. The molecular formula is C18H19N3O2S. The number of benzene rings is 1. The Balaban J connectivity index is 1.58. The van der Waals surface area contributed by atoms with Gasteiger partial charge in [0.05, 0.1) is 11.5 Å². The Morgan fingerprint density at radius 2 is 1.96 bits per heavy atom. The van der Waals surface area contributed by atoms with Gasteiger partial charge in [0, 0.05) is 44.4 Å². The number of rotatable bonds is 2. The number of nitrogens with zero attached hydrogens (tertiary/aromatic N) is 3. The Morgan fingerprint density at radius 1 is 1.21 bits per heavy atom. The fraction of sp³-hybridized carbons (Fsp3) is 0.333. The molecule has 1 saturated heterocycles. The second-order valence-electron chi connectivity index (χ2n) is 5.50. The summed E-state index contributed by atoms with van der Waals surface area (Å²) in [5, 5.41) is 9.74. The lowest BCUT2D eigenvalue weighted by atomic mass is 10.2. The van der Waals surface area contributed by atoms with Crippen LogP contribution in [0.15, 0.2) is 46.3 Å². The van der Waals surface area contributed by atoms with Crippen molar-refractivity contribution in [1.29, 1.82) is 0 Å². The van der Waals surface area contributed by atoms with E-state index in [0.29, 0.717) is 11.4 Å². The van der Waals surface area contributed by atoms with Crippen molar-refractivity contribution in [3.63, 3.8) is 0 Å². The minimum absolute atomic E-state index is 0.182. The first-order valence-corrected chi connectivity index (χ1v) is 8.74. The molecule has 2 aliphatic heterocycles. The minimum atomic E-state index is -0.213. The first-order chi connectivity index (χ1) is 11.8. The number of amidine groups is 1. The zero-order valence-corrected chi connectivity index (χ0v) is 14.1. The van der Waals surface area contributed by atoms with Crippen LogP contribution in [0.25, 0.3) is 0 Å². The van der Waals surface area contributed by atoms with Gasteiger partial charge in [0.2, 0.25) is 0 Å². The molecule has 5 nitrogen and oxygen atoms in total. The van der Waals surface area contributed by atoms with Gasteiger partial charge in [-0.1, -0.05) is 30.0 Å². The lowest BCUT2D eigenvalue weighted by Crippen LogP contribution is -2.48. The average molecular weight is 341 g/mol. The van der Waals surface area contributed by atoms with Crippen LogP contribution in [0, 0.1) is 11.8 Å². The first-order valence-electron chi connectivity index (χ1n) is 7.92. The molecule has 1 fully saturated rings. The third-order valence-electron chi connectivity index (χ3n) is 3.86. The van der Waals surface area contributed by atoms with Crippen molar-refractivity contribution in [2.45, 2.75) is 0 Å². The van der Waals surface area contributed by atoms with E-state index in [1.54, 1.807) is 6.08 Å². The molecule has 24 heavy (non-hydrogen) atoms. The van der Waals surface area contributed by atoms with E-state index in [1.165, 1.54) is 11.8 Å². The number of carbonyl (C=O) groups is 1. The van der Waals surface area contributed by atoms with Crippen molar-refractivity contribution >= 4 is 22.8 Å². The standard InChI is InChI=1S/C18H19N3O2S/c22-14-13-20-9-11-21(12-10-20)18-19-17(23)16(24-18)8-4-7-15-5-2-1-3-6-15/h1-3,5-6,8,22H,9-14H2/b16-8+. The molecule has 0 atom stereocenters. The summed E-state index contributed by atoms with van der Waals surface area (Å²) in [6, 6.07) is 9.68. The number of allylic oxidation sites excluding steroid dienone is 1. The number of amides is 1. The lowest BCUT2D eigenvalue weighted by molar-refractivity contribution is -0.113. The van der Waals surface area contributed by atoms with Crippen LogP contribution >= 0.6 is 11.8 Å². The molecule has 0 aromatic heterocycles. The van der Waals surface area contributed by atoms with Gasteiger partial charge in [-0.05, 0) is 23.9 Å². The molecule has 0 unspecified atom stereocenters. The summed E-state index contributed by atoms with van der Waals surface area (Å²) < 4.78 is 0. The topological polar surface area (TPSA) is 56.1 Å². The summed E-state index contributed by atoms with van der Waals surface area (Å²) in [5.41, 5.74) is 0.922. The Morgan fingerprint density at radius 3 is 2.67 bits per heavy atom. The van der Waals surface area contributed by atoms with Gasteiger partial charge in [-0.3, -0.25) is 9.69 Å². The third kappa shape index (κ3) is 4.26. The van der Waals surface area contributed by atoms with Gasteiger partial charge in [0.15, 0.2) is 5.17 Å². The van der Waals surface area contributed by atoms with Crippen molar-refractivity contribution in [3.05, 3.63) is 46.9 Å². The molecule has 1 N–H and O–H groups in total. The van der Waals surface area contributed by atoms with Crippen LogP contribution in [0.2, 0.25) is 0 Å². The summed E-state index contributed by atoms with van der Waals surface area (Å²) in [5.74, 6) is 5.75. The predicted octanol–water partition coefficient (Wildman–Crippen LogP) is 1.16. The van der Waals surface area contributed by atoms with Gasteiger partial charge in [0.1, 0.15) is 0 Å². The first kappa shape index (κ1) is 16.8. The van der Waals surface area contributed by atoms with Gasteiger partial charge in [-0.25, -0.2) is 0 Å². The smallest absolute Gasteiger partial charge is 0.286 e. The van der Waals surface area contributed by atoms with Crippen molar-refractivity contribution in [2.24, 2.45) is 4.99 Å². The van der Waals surface area contributed by atoms with E-state index in [4.69, 9.17) is 5.11 Å². The van der Waals surface area contributed by atoms with Gasteiger partial charge in [-0.15, -0.1) is 0 Å². The SMILES string of the molecule is O=C1N=C(N2CCN(CCO)CC2)S/C1=C/C#Cc1ccccc1. The summed E-state index contributed by atoms with van der Waals surface area (Å²) in [4.78, 5) is 21.1. The van der Waals surface area contributed by atoms with Crippen LogP contribution in [0.3, 0.4) is 0 Å². The van der Waals surface area contributed by atoms with Crippen LogP contribution in [0.1, 0.15) is 5.56 Å². The third-order valence-corrected chi connectivity index (χ3v) is 4.91. The highest BCUT2D eigenvalue weighted by atomic mass is 32.2. The molecule has 0 bridgehead atoms. The Kier molecular flexibility index (Phi) is 5.70. The molecule has 1 amide bonds. The molecule has 1 aromatic carbocycles. The minimum Gasteiger partial charge on any atom is -0.395 e. The Bertz CT molecular complexity index is 711. The number of β-amino-alcohol motifs (C(OH)–C–C–N with tert-alkyl or cyclic N) is 1. The highest BCUT2D eigenvalue weighted by Gasteiger charge is 2.28. The summed E-state index contributed by atoms with van der Waals surface area (Å²) >= 11 is 1.39. The summed E-state index contributed by atoms with van der Waals surface area (Å²) in [7, 11) is 0. The molecule has 6 heteroatoms. The van der Waals surface area contributed by atoms with Crippen LogP contribution in [-0.4, -0.2) is 65.3 Å². The van der Waals surface area contributed by atoms with E-state index in [0.717, 1.165) is 36.9 Å². The van der Waals surface area contributed by atoms with E-state index < -0.39 is 0 Å². The second-order valence-corrected chi connectivity index (χ2v) is 6.51. The fourth-order valence-corrected chi connectivity index (χ4v) is 3.43. The van der Waals surface area contributed by atoms with Crippen molar-refractivity contribution < 1.29 is 9.90 Å². The maximum atomic E-state index is 12.0. The molecule has 3 rings (SSSR count). The number of thioether (sulfide) groups is 1. The second kappa shape index (κ2) is 8.15. The summed E-state index contributed by atoms with van der Waals surface area (Å²) in [6.07, 6.45) is 1.65. The molecule has 124 valence electrons. The normalized spacial score (nSPS) is 20.0. The van der Waals surface area contributed by atoms with Crippen LogP contribution in [-0.2, 0) is 4.79 Å². The van der Waals surface area contributed by atoms with E-state index in [1.807, 2.05) is 30.3 Å². The van der Waals surface area contributed by atoms with Crippen LogP contribution in [0.4, 0.5) is 0 Å². The van der Waals surface area contributed by atoms with E-state index in [9.17, 15) is 4.79 Å². The number of piperazine rings is 1. The number of aliphatic imine (C=N–C) groups is 1. The zero-order valence-electron chi connectivity index (χ0n) is 13.3.